The molecule has 41 heavy (non-hydrogen) atoms. The molecule has 14 nitrogen and oxygen atoms in total. The molecule has 1 aliphatic heterocycles. The van der Waals surface area contributed by atoms with Gasteiger partial charge < -0.3 is 30.2 Å². The molecule has 0 bridgehead atoms. The summed E-state index contributed by atoms with van der Waals surface area (Å²) in [5.74, 6) is -0.279. The minimum atomic E-state index is -4.30. The van der Waals surface area contributed by atoms with Crippen LogP contribution in [0.25, 0.3) is 11.2 Å². The number of rotatable bonds is 12. The van der Waals surface area contributed by atoms with E-state index in [0.717, 1.165) is 0 Å². The van der Waals surface area contributed by atoms with Crippen LogP contribution in [0.2, 0.25) is 0 Å². The zero-order valence-electron chi connectivity index (χ0n) is 22.7. The summed E-state index contributed by atoms with van der Waals surface area (Å²) in [4.78, 5) is 22.9. The average molecular weight is 616 g/mol. The van der Waals surface area contributed by atoms with Crippen LogP contribution in [0.15, 0.2) is 36.7 Å². The number of para-hydroxylation sites is 1. The first-order valence-electron chi connectivity index (χ1n) is 12.6. The molecule has 0 unspecified atom stereocenters. The molecule has 0 spiro atoms. The van der Waals surface area contributed by atoms with Crippen LogP contribution in [-0.2, 0) is 23.4 Å². The fraction of sp³-hybridized carbons (Fsp3) is 0.500. The fourth-order valence-electron chi connectivity index (χ4n) is 4.17. The van der Waals surface area contributed by atoms with Crippen LogP contribution in [-0.4, -0.2) is 80.2 Å². The van der Waals surface area contributed by atoms with Gasteiger partial charge in [0, 0.05) is 7.05 Å². The van der Waals surface area contributed by atoms with Gasteiger partial charge in [0.25, 0.3) is 0 Å². The number of imidazole rings is 1. The normalized spacial score (nSPS) is 24.7. The third-order valence-electron chi connectivity index (χ3n) is 6.13. The Hall–Kier alpha value is -3.07. The minimum absolute atomic E-state index is 0.0855. The van der Waals surface area contributed by atoms with Crippen molar-refractivity contribution < 1.29 is 37.4 Å². The number of hydrogen-bond donors (Lipinski definition) is 4. The predicted molar refractivity (Wildman–Crippen MR) is 148 cm³/mol. The van der Waals surface area contributed by atoms with Crippen LogP contribution in [0.3, 0.4) is 0 Å². The van der Waals surface area contributed by atoms with Gasteiger partial charge in [-0.05, 0) is 32.9 Å². The summed E-state index contributed by atoms with van der Waals surface area (Å²) in [6.45, 7) is 2.98. The third-order valence-corrected chi connectivity index (χ3v) is 8.28. The van der Waals surface area contributed by atoms with E-state index in [1.807, 2.05) is 0 Å². The summed E-state index contributed by atoms with van der Waals surface area (Å²) in [5.41, 5.74) is 6.31. The van der Waals surface area contributed by atoms with E-state index < -0.39 is 62.5 Å². The number of carbonyl (C=O) groups is 1. The molecule has 17 heteroatoms. The van der Waals surface area contributed by atoms with Crippen LogP contribution in [0.4, 0.5) is 16.2 Å². The van der Waals surface area contributed by atoms with Crippen molar-refractivity contribution in [2.75, 3.05) is 31.4 Å². The standard InChI is InChI=1S/C24H32ClFN7O7P/c1-13(2)38-21(35)14(3)32-41(36,40-15-8-6-5-7-9-15)37-10-16-18(34)24(25,11-26)22(39-16)33-12-29-17-19(28-4)30-23(27)31-20(17)33/h5-9,12-14,16,18,22,34H,10-11H2,1-4H3,(H,32,36)(H3,27,28,30,31)/t14-,16+,18+,22+,24+,41+/m0/s1. The fourth-order valence-corrected chi connectivity index (χ4v) is 5.96. The van der Waals surface area contributed by atoms with E-state index in [1.165, 1.54) is 30.0 Å². The highest BCUT2D eigenvalue weighted by atomic mass is 35.5. The van der Waals surface area contributed by atoms with Crippen LogP contribution < -0.4 is 20.7 Å². The van der Waals surface area contributed by atoms with Crippen molar-refractivity contribution in [3.8, 4) is 5.75 Å². The van der Waals surface area contributed by atoms with Gasteiger partial charge >= 0.3 is 13.7 Å². The molecule has 1 saturated heterocycles. The molecule has 0 saturated carbocycles. The molecule has 1 fully saturated rings. The molecule has 0 amide bonds. The number of halogens is 2. The Morgan fingerprint density at radius 3 is 2.66 bits per heavy atom. The number of alkyl halides is 2. The number of anilines is 2. The SMILES string of the molecule is CNc1nc(N)nc2c1ncn2[C@@H]1O[C@H](CO[P@](=O)(N[C@@H](C)C(=O)OC(C)C)Oc2ccccc2)[C@@H](O)[C@]1(Cl)CF. The molecular weight excluding hydrogens is 584 g/mol. The molecular formula is C24H32ClFN7O7P. The molecule has 3 heterocycles. The largest absolute Gasteiger partial charge is 0.462 e. The Bertz CT molecular complexity index is 1420. The monoisotopic (exact) mass is 615 g/mol. The van der Waals surface area contributed by atoms with Gasteiger partial charge in [0.2, 0.25) is 5.95 Å². The Morgan fingerprint density at radius 1 is 1.32 bits per heavy atom. The maximum atomic E-state index is 14.4. The lowest BCUT2D eigenvalue weighted by Gasteiger charge is -2.27. The van der Waals surface area contributed by atoms with Crippen molar-refractivity contribution in [3.63, 3.8) is 0 Å². The number of esters is 1. The molecule has 224 valence electrons. The highest BCUT2D eigenvalue weighted by molar-refractivity contribution is 7.52. The van der Waals surface area contributed by atoms with Gasteiger partial charge in [0.05, 0.1) is 19.0 Å². The number of nitrogens with two attached hydrogens (primary N) is 1. The molecule has 1 aliphatic rings. The second-order valence-electron chi connectivity index (χ2n) is 9.57. The number of ether oxygens (including phenoxy) is 2. The zero-order valence-corrected chi connectivity index (χ0v) is 24.4. The highest BCUT2D eigenvalue weighted by Crippen LogP contribution is 2.49. The summed E-state index contributed by atoms with van der Waals surface area (Å²) in [6, 6.07) is 7.01. The smallest absolute Gasteiger partial charge is 0.459 e. The van der Waals surface area contributed by atoms with Gasteiger partial charge in [-0.2, -0.15) is 15.1 Å². The Labute approximate surface area is 240 Å². The topological polar surface area (TPSA) is 185 Å². The molecule has 3 aromatic rings. The molecule has 0 aliphatic carbocycles. The van der Waals surface area contributed by atoms with Gasteiger partial charge in [0.15, 0.2) is 23.2 Å². The Balaban J connectivity index is 1.59. The van der Waals surface area contributed by atoms with E-state index in [2.05, 4.69) is 25.4 Å². The first kappa shape index (κ1) is 30.9. The molecule has 5 N–H and O–H groups in total. The van der Waals surface area contributed by atoms with Crippen molar-refractivity contribution >= 4 is 48.2 Å². The van der Waals surface area contributed by atoms with Gasteiger partial charge in [0.1, 0.15) is 35.5 Å². The van der Waals surface area contributed by atoms with Crippen LogP contribution >= 0.6 is 19.3 Å². The van der Waals surface area contributed by atoms with Crippen molar-refractivity contribution in [2.24, 2.45) is 0 Å². The Kier molecular flexibility index (Phi) is 9.36. The number of aliphatic hydroxyl groups excluding tert-OH is 1. The Morgan fingerprint density at radius 2 is 2.02 bits per heavy atom. The van der Waals surface area contributed by atoms with E-state index in [0.29, 0.717) is 11.3 Å². The number of hydrogen-bond acceptors (Lipinski definition) is 12. The molecule has 2 aromatic heterocycles. The van der Waals surface area contributed by atoms with Crippen molar-refractivity contribution in [1.29, 1.82) is 0 Å². The quantitative estimate of drug-likeness (QED) is 0.133. The minimum Gasteiger partial charge on any atom is -0.462 e. The molecule has 4 rings (SSSR count). The summed E-state index contributed by atoms with van der Waals surface area (Å²) < 4.78 is 51.9. The lowest BCUT2D eigenvalue weighted by atomic mass is 10.0. The van der Waals surface area contributed by atoms with E-state index in [4.69, 9.17) is 35.9 Å². The third kappa shape index (κ3) is 6.55. The van der Waals surface area contributed by atoms with Crippen LogP contribution in [0.1, 0.15) is 27.0 Å². The summed E-state index contributed by atoms with van der Waals surface area (Å²) in [5, 5.41) is 16.4. The number of fused-ring (bicyclic) bond motifs is 1. The average Bonchev–Trinajstić information content (AvgIpc) is 3.45. The number of nitrogen functional groups attached to an aromatic ring is 1. The second-order valence-corrected chi connectivity index (χ2v) is 12.0. The van der Waals surface area contributed by atoms with Crippen molar-refractivity contribution in [3.05, 3.63) is 36.7 Å². The van der Waals surface area contributed by atoms with E-state index in [-0.39, 0.29) is 17.3 Å². The summed E-state index contributed by atoms with van der Waals surface area (Å²) >= 11 is 6.60. The maximum Gasteiger partial charge on any atom is 0.459 e. The first-order valence-corrected chi connectivity index (χ1v) is 14.6. The molecule has 6 atom stereocenters. The van der Waals surface area contributed by atoms with Crippen LogP contribution in [0, 0.1) is 0 Å². The number of nitrogens with zero attached hydrogens (tertiary/aromatic N) is 4. The summed E-state index contributed by atoms with van der Waals surface area (Å²) in [7, 11) is -2.69. The number of nitrogens with one attached hydrogen (secondary N) is 2. The van der Waals surface area contributed by atoms with Gasteiger partial charge in [-0.3, -0.25) is 13.9 Å². The van der Waals surface area contributed by atoms with E-state index in [9.17, 15) is 18.9 Å². The number of aliphatic hydroxyl groups is 1. The highest BCUT2D eigenvalue weighted by Gasteiger charge is 2.57. The summed E-state index contributed by atoms with van der Waals surface area (Å²) in [6.07, 6.45) is -3.37. The van der Waals surface area contributed by atoms with Gasteiger partial charge in [-0.15, -0.1) is 11.6 Å². The van der Waals surface area contributed by atoms with Crippen molar-refractivity contribution in [2.45, 2.75) is 56.2 Å². The van der Waals surface area contributed by atoms with Crippen molar-refractivity contribution in [1.82, 2.24) is 24.6 Å². The maximum absolute atomic E-state index is 14.4. The van der Waals surface area contributed by atoms with Crippen LogP contribution in [0.5, 0.6) is 5.75 Å². The molecule has 0 radical (unpaired) electrons. The van der Waals surface area contributed by atoms with Gasteiger partial charge in [-0.1, -0.05) is 18.2 Å². The lowest BCUT2D eigenvalue weighted by Crippen LogP contribution is -2.44. The number of carbonyl (C=O) groups excluding carboxylic acids is 1. The van der Waals surface area contributed by atoms with E-state index in [1.54, 1.807) is 39.1 Å². The molecule has 1 aromatic carbocycles. The lowest BCUT2D eigenvalue weighted by molar-refractivity contribution is -0.149. The number of aromatic nitrogens is 4. The zero-order chi connectivity index (χ0) is 29.9. The first-order chi connectivity index (χ1) is 19.4. The second kappa shape index (κ2) is 12.4. The van der Waals surface area contributed by atoms with E-state index >= 15 is 0 Å². The van der Waals surface area contributed by atoms with Gasteiger partial charge in [-0.25, -0.2) is 13.9 Å². The predicted octanol–water partition coefficient (Wildman–Crippen LogP) is 2.79. The number of benzene rings is 1.